The topological polar surface area (TPSA) is 30.3 Å². The Bertz CT molecular complexity index is 812. The lowest BCUT2D eigenvalue weighted by molar-refractivity contribution is 0.254. The van der Waals surface area contributed by atoms with E-state index in [-0.39, 0.29) is 0 Å². The summed E-state index contributed by atoms with van der Waals surface area (Å²) in [5, 5.41) is 10.1. The van der Waals surface area contributed by atoms with Gasteiger partial charge < -0.3 is 4.90 Å². The van der Waals surface area contributed by atoms with Crippen LogP contribution in [0.5, 0.6) is 0 Å². The summed E-state index contributed by atoms with van der Waals surface area (Å²) < 4.78 is 0. The number of rotatable bonds is 6. The summed E-state index contributed by atoms with van der Waals surface area (Å²) in [4.78, 5) is 5.00. The fourth-order valence-electron chi connectivity index (χ4n) is 3.41. The van der Waals surface area contributed by atoms with Crippen LogP contribution < -0.4 is 4.90 Å². The van der Waals surface area contributed by atoms with Gasteiger partial charge in [-0.05, 0) is 42.8 Å². The Kier molecular flexibility index (Phi) is 6.92. The standard InChI is InChI=1S/C23H26ClN3/c1-2-3-12-26-13-15-27(16-14-26)21-10-8-19(9-11-21)17-20(18-25)22-6-4-5-7-23(22)24/h4-11,17H,2-3,12-16H2,1H3. The zero-order valence-corrected chi connectivity index (χ0v) is 16.6. The van der Waals surface area contributed by atoms with Gasteiger partial charge in [0.25, 0.3) is 0 Å². The van der Waals surface area contributed by atoms with Crippen LogP contribution in [-0.2, 0) is 0 Å². The molecule has 1 heterocycles. The van der Waals surface area contributed by atoms with E-state index in [1.807, 2.05) is 30.3 Å². The predicted molar refractivity (Wildman–Crippen MR) is 115 cm³/mol. The molecule has 0 aliphatic carbocycles. The molecular formula is C23H26ClN3. The van der Waals surface area contributed by atoms with E-state index in [0.29, 0.717) is 10.6 Å². The highest BCUT2D eigenvalue weighted by molar-refractivity contribution is 6.32. The summed E-state index contributed by atoms with van der Waals surface area (Å²) in [6.45, 7) is 7.87. The molecule has 0 bridgehead atoms. The van der Waals surface area contributed by atoms with Gasteiger partial charge in [0.05, 0.1) is 11.6 Å². The first-order valence-corrected chi connectivity index (χ1v) is 10.0. The molecule has 0 atom stereocenters. The van der Waals surface area contributed by atoms with Crippen LogP contribution in [-0.4, -0.2) is 37.6 Å². The number of benzene rings is 2. The lowest BCUT2D eigenvalue weighted by Crippen LogP contribution is -2.46. The molecule has 3 nitrogen and oxygen atoms in total. The van der Waals surface area contributed by atoms with E-state index in [0.717, 1.165) is 37.3 Å². The van der Waals surface area contributed by atoms with Gasteiger partial charge in [0, 0.05) is 42.5 Å². The van der Waals surface area contributed by atoms with Crippen LogP contribution in [0.1, 0.15) is 30.9 Å². The molecule has 0 radical (unpaired) electrons. The number of halogens is 1. The summed E-state index contributed by atoms with van der Waals surface area (Å²) in [6.07, 6.45) is 4.44. The zero-order chi connectivity index (χ0) is 19.1. The van der Waals surface area contributed by atoms with Gasteiger partial charge in [0.1, 0.15) is 0 Å². The van der Waals surface area contributed by atoms with Crippen LogP contribution >= 0.6 is 11.6 Å². The molecule has 0 N–H and O–H groups in total. The minimum atomic E-state index is 0.581. The molecule has 0 aromatic heterocycles. The van der Waals surface area contributed by atoms with Gasteiger partial charge in [-0.2, -0.15) is 5.26 Å². The average molecular weight is 380 g/mol. The normalized spacial score (nSPS) is 15.6. The second kappa shape index (κ2) is 9.60. The molecule has 140 valence electrons. The number of hydrogen-bond donors (Lipinski definition) is 0. The van der Waals surface area contributed by atoms with Crippen LogP contribution in [0.25, 0.3) is 11.6 Å². The van der Waals surface area contributed by atoms with Gasteiger partial charge in [-0.25, -0.2) is 0 Å². The molecule has 1 aliphatic rings. The SMILES string of the molecule is CCCCN1CCN(c2ccc(C=C(C#N)c3ccccc3Cl)cc2)CC1. The molecule has 27 heavy (non-hydrogen) atoms. The van der Waals surface area contributed by atoms with Crippen molar-refractivity contribution in [3.05, 3.63) is 64.7 Å². The second-order valence-electron chi connectivity index (χ2n) is 6.92. The van der Waals surface area contributed by atoms with Crippen molar-refractivity contribution in [2.75, 3.05) is 37.6 Å². The molecule has 2 aromatic carbocycles. The summed E-state index contributed by atoms with van der Waals surface area (Å²) in [5.74, 6) is 0. The van der Waals surface area contributed by atoms with Gasteiger partial charge in [-0.15, -0.1) is 0 Å². The molecule has 1 aliphatic heterocycles. The highest BCUT2D eigenvalue weighted by atomic mass is 35.5. The van der Waals surface area contributed by atoms with Gasteiger partial charge >= 0.3 is 0 Å². The minimum absolute atomic E-state index is 0.581. The zero-order valence-electron chi connectivity index (χ0n) is 15.9. The van der Waals surface area contributed by atoms with Crippen molar-refractivity contribution in [2.24, 2.45) is 0 Å². The molecule has 1 fully saturated rings. The van der Waals surface area contributed by atoms with Crippen molar-refractivity contribution >= 4 is 28.9 Å². The first-order valence-electron chi connectivity index (χ1n) is 9.65. The predicted octanol–water partition coefficient (Wildman–Crippen LogP) is 5.33. The molecular weight excluding hydrogens is 354 g/mol. The number of allylic oxidation sites excluding steroid dienone is 1. The van der Waals surface area contributed by atoms with E-state index >= 15 is 0 Å². The van der Waals surface area contributed by atoms with Crippen LogP contribution in [0.2, 0.25) is 5.02 Å². The average Bonchev–Trinajstić information content (AvgIpc) is 2.72. The molecule has 3 rings (SSSR count). The summed E-state index contributed by atoms with van der Waals surface area (Å²) in [7, 11) is 0. The van der Waals surface area contributed by atoms with E-state index in [2.05, 4.69) is 47.1 Å². The number of piperazine rings is 1. The van der Waals surface area contributed by atoms with Crippen molar-refractivity contribution in [2.45, 2.75) is 19.8 Å². The maximum absolute atomic E-state index is 9.52. The Morgan fingerprint density at radius 1 is 1.07 bits per heavy atom. The maximum atomic E-state index is 9.52. The van der Waals surface area contributed by atoms with E-state index in [1.165, 1.54) is 25.1 Å². The first kappa shape index (κ1) is 19.5. The van der Waals surface area contributed by atoms with E-state index in [1.54, 1.807) is 0 Å². The fourth-order valence-corrected chi connectivity index (χ4v) is 3.65. The molecule has 0 spiro atoms. The second-order valence-corrected chi connectivity index (χ2v) is 7.33. The van der Waals surface area contributed by atoms with Crippen molar-refractivity contribution in [1.29, 1.82) is 5.26 Å². The number of anilines is 1. The van der Waals surface area contributed by atoms with Crippen LogP contribution in [0.4, 0.5) is 5.69 Å². The van der Waals surface area contributed by atoms with E-state index < -0.39 is 0 Å². The summed E-state index contributed by atoms with van der Waals surface area (Å²) in [6, 6.07) is 18.2. The Labute approximate surface area is 167 Å². The molecule has 1 saturated heterocycles. The third kappa shape index (κ3) is 5.13. The Morgan fingerprint density at radius 2 is 1.78 bits per heavy atom. The van der Waals surface area contributed by atoms with Crippen molar-refractivity contribution < 1.29 is 0 Å². The Balaban J connectivity index is 1.67. The lowest BCUT2D eigenvalue weighted by Gasteiger charge is -2.36. The number of nitriles is 1. The summed E-state index contributed by atoms with van der Waals surface area (Å²) >= 11 is 6.23. The van der Waals surface area contributed by atoms with Gasteiger partial charge in [-0.1, -0.05) is 55.3 Å². The van der Waals surface area contributed by atoms with Crippen LogP contribution in [0, 0.1) is 11.3 Å². The fraction of sp³-hybridized carbons (Fsp3) is 0.348. The smallest absolute Gasteiger partial charge is 0.0998 e. The maximum Gasteiger partial charge on any atom is 0.0998 e. The molecule has 0 saturated carbocycles. The van der Waals surface area contributed by atoms with Gasteiger partial charge in [0.2, 0.25) is 0 Å². The number of hydrogen-bond acceptors (Lipinski definition) is 3. The highest BCUT2D eigenvalue weighted by Gasteiger charge is 2.16. The largest absolute Gasteiger partial charge is 0.369 e. The Morgan fingerprint density at radius 3 is 2.41 bits per heavy atom. The van der Waals surface area contributed by atoms with Crippen LogP contribution in [0.3, 0.4) is 0 Å². The van der Waals surface area contributed by atoms with Crippen molar-refractivity contribution in [1.82, 2.24) is 4.90 Å². The van der Waals surface area contributed by atoms with Gasteiger partial charge in [-0.3, -0.25) is 4.90 Å². The van der Waals surface area contributed by atoms with E-state index in [9.17, 15) is 5.26 Å². The number of nitrogens with zero attached hydrogens (tertiary/aromatic N) is 3. The quantitative estimate of drug-likeness (QED) is 0.502. The van der Waals surface area contributed by atoms with Crippen molar-refractivity contribution in [3.63, 3.8) is 0 Å². The summed E-state index contributed by atoms with van der Waals surface area (Å²) in [5.41, 5.74) is 3.61. The van der Waals surface area contributed by atoms with Gasteiger partial charge in [0.15, 0.2) is 0 Å². The van der Waals surface area contributed by atoms with Crippen LogP contribution in [0.15, 0.2) is 48.5 Å². The minimum Gasteiger partial charge on any atom is -0.369 e. The molecule has 0 unspecified atom stereocenters. The molecule has 0 amide bonds. The Hall–Kier alpha value is -2.28. The lowest BCUT2D eigenvalue weighted by atomic mass is 10.0. The first-order chi connectivity index (χ1) is 13.2. The molecule has 2 aromatic rings. The number of unbranched alkanes of at least 4 members (excludes halogenated alkanes) is 1. The van der Waals surface area contributed by atoms with E-state index in [4.69, 9.17) is 11.6 Å². The van der Waals surface area contributed by atoms with Crippen molar-refractivity contribution in [3.8, 4) is 6.07 Å². The highest BCUT2D eigenvalue weighted by Crippen LogP contribution is 2.26. The third-order valence-electron chi connectivity index (χ3n) is 5.05. The molecule has 4 heteroatoms. The third-order valence-corrected chi connectivity index (χ3v) is 5.38. The monoisotopic (exact) mass is 379 g/mol.